The summed E-state index contributed by atoms with van der Waals surface area (Å²) in [4.78, 5) is 26.5. The van der Waals surface area contributed by atoms with Crippen molar-refractivity contribution in [1.29, 1.82) is 0 Å². The first-order valence-electron chi connectivity index (χ1n) is 10.1. The van der Waals surface area contributed by atoms with E-state index in [4.69, 9.17) is 9.47 Å². The predicted molar refractivity (Wildman–Crippen MR) is 114 cm³/mol. The molecule has 2 amide bonds. The second-order valence-corrected chi connectivity index (χ2v) is 8.67. The zero-order valence-corrected chi connectivity index (χ0v) is 18.5. The summed E-state index contributed by atoms with van der Waals surface area (Å²) < 4.78 is 11.2. The van der Waals surface area contributed by atoms with Gasteiger partial charge in [0.25, 0.3) is 5.91 Å². The molecule has 0 spiro atoms. The van der Waals surface area contributed by atoms with Crippen LogP contribution in [0.3, 0.4) is 0 Å². The fourth-order valence-electron chi connectivity index (χ4n) is 3.33. The Kier molecular flexibility index (Phi) is 6.05. The van der Waals surface area contributed by atoms with Gasteiger partial charge >= 0.3 is 6.09 Å². The molecule has 3 rings (SSSR count). The molecular weight excluding hydrogens is 384 g/mol. The summed E-state index contributed by atoms with van der Waals surface area (Å²) in [5.41, 5.74) is 4.26. The van der Waals surface area contributed by atoms with Gasteiger partial charge in [-0.3, -0.25) is 9.89 Å². The molecule has 1 aromatic heterocycles. The lowest BCUT2D eigenvalue weighted by Crippen LogP contribution is -2.40. The Morgan fingerprint density at radius 3 is 2.60 bits per heavy atom. The van der Waals surface area contributed by atoms with E-state index in [0.29, 0.717) is 25.3 Å². The van der Waals surface area contributed by atoms with Crippen molar-refractivity contribution in [2.75, 3.05) is 18.5 Å². The van der Waals surface area contributed by atoms with Crippen LogP contribution in [0.5, 0.6) is 5.75 Å². The minimum Gasteiger partial charge on any atom is -0.483 e. The Hall–Kier alpha value is -3.03. The molecule has 0 unspecified atom stereocenters. The lowest BCUT2D eigenvalue weighted by atomic mass is 10.1. The van der Waals surface area contributed by atoms with Crippen LogP contribution >= 0.6 is 0 Å². The molecule has 0 saturated heterocycles. The van der Waals surface area contributed by atoms with Crippen LogP contribution in [0.2, 0.25) is 0 Å². The number of aromatic nitrogens is 2. The highest BCUT2D eigenvalue weighted by molar-refractivity contribution is 5.92. The normalized spacial score (nSPS) is 13.6. The minimum absolute atomic E-state index is 0.122. The van der Waals surface area contributed by atoms with Crippen LogP contribution in [0.4, 0.5) is 10.6 Å². The lowest BCUT2D eigenvalue weighted by molar-refractivity contribution is -0.118. The van der Waals surface area contributed by atoms with Crippen LogP contribution in [-0.2, 0) is 22.5 Å². The summed E-state index contributed by atoms with van der Waals surface area (Å²) in [5, 5.41) is 9.97. The van der Waals surface area contributed by atoms with Gasteiger partial charge in [-0.1, -0.05) is 12.1 Å². The minimum atomic E-state index is -0.561. The van der Waals surface area contributed by atoms with Crippen molar-refractivity contribution in [3.63, 3.8) is 0 Å². The van der Waals surface area contributed by atoms with Crippen LogP contribution < -0.4 is 10.1 Å². The third-order valence-electron chi connectivity index (χ3n) is 5.06. The molecular formula is C22H30N4O4. The number of benzene rings is 1. The molecule has 0 fully saturated rings. The number of aryl methyl sites for hydroxylation is 2. The quantitative estimate of drug-likeness (QED) is 0.796. The summed E-state index contributed by atoms with van der Waals surface area (Å²) in [5.74, 6) is 0.842. The van der Waals surface area contributed by atoms with Crippen LogP contribution in [0.25, 0.3) is 0 Å². The van der Waals surface area contributed by atoms with E-state index in [1.165, 1.54) is 0 Å². The summed E-state index contributed by atoms with van der Waals surface area (Å²) in [7, 11) is 0. The number of rotatable bonds is 4. The maximum Gasteiger partial charge on any atom is 0.410 e. The van der Waals surface area contributed by atoms with Crippen molar-refractivity contribution < 1.29 is 19.1 Å². The maximum absolute atomic E-state index is 12.5. The van der Waals surface area contributed by atoms with Gasteiger partial charge in [0.2, 0.25) is 0 Å². The van der Waals surface area contributed by atoms with Crippen molar-refractivity contribution in [2.24, 2.45) is 0 Å². The molecule has 2 aromatic rings. The second kappa shape index (κ2) is 8.38. The van der Waals surface area contributed by atoms with Gasteiger partial charge in [-0.25, -0.2) is 4.79 Å². The number of fused-ring (bicyclic) bond motifs is 1. The van der Waals surface area contributed by atoms with E-state index in [2.05, 4.69) is 15.5 Å². The average Bonchev–Trinajstić information content (AvgIpc) is 3.05. The standard InChI is InChI=1S/C22H30N4O4/c1-13-7-8-14(2)19(15(13)3)29-12-18(27)23-20-16-11-26(10-9-17(16)24-25-20)21(28)30-22(4,5)6/h7-8H,9-12H2,1-6H3,(H2,23,24,25,27). The number of anilines is 1. The number of hydrogen-bond donors (Lipinski definition) is 2. The number of H-pyrrole nitrogens is 1. The van der Waals surface area contributed by atoms with Crippen molar-refractivity contribution in [3.05, 3.63) is 40.1 Å². The summed E-state index contributed by atoms with van der Waals surface area (Å²) >= 11 is 0. The van der Waals surface area contributed by atoms with Gasteiger partial charge in [-0.05, 0) is 58.2 Å². The highest BCUT2D eigenvalue weighted by Gasteiger charge is 2.29. The molecule has 2 N–H and O–H groups in total. The van der Waals surface area contributed by atoms with E-state index in [-0.39, 0.29) is 18.6 Å². The molecule has 0 bridgehead atoms. The van der Waals surface area contributed by atoms with E-state index in [0.717, 1.165) is 33.7 Å². The van der Waals surface area contributed by atoms with E-state index in [1.807, 2.05) is 53.7 Å². The van der Waals surface area contributed by atoms with Gasteiger partial charge in [0.05, 0.1) is 6.54 Å². The highest BCUT2D eigenvalue weighted by atomic mass is 16.6. The summed E-state index contributed by atoms with van der Waals surface area (Å²) in [6.45, 7) is 12.2. The van der Waals surface area contributed by atoms with Crippen LogP contribution in [-0.4, -0.2) is 45.9 Å². The SMILES string of the molecule is Cc1ccc(C)c(OCC(=O)Nc2n[nH]c3c2CN(C(=O)OC(C)(C)C)CC3)c1C. The smallest absolute Gasteiger partial charge is 0.410 e. The van der Waals surface area contributed by atoms with Crippen molar-refractivity contribution in [2.45, 2.75) is 60.1 Å². The fraction of sp³-hybridized carbons (Fsp3) is 0.500. The highest BCUT2D eigenvalue weighted by Crippen LogP contribution is 2.27. The molecule has 0 aliphatic carbocycles. The Morgan fingerprint density at radius 2 is 1.90 bits per heavy atom. The fourth-order valence-corrected chi connectivity index (χ4v) is 3.33. The zero-order chi connectivity index (χ0) is 22.1. The molecule has 1 aliphatic heterocycles. The molecule has 2 heterocycles. The Bertz CT molecular complexity index is 959. The first-order valence-corrected chi connectivity index (χ1v) is 10.1. The number of nitrogens with zero attached hydrogens (tertiary/aromatic N) is 2. The van der Waals surface area contributed by atoms with Crippen molar-refractivity contribution in [3.8, 4) is 5.75 Å². The van der Waals surface area contributed by atoms with Crippen molar-refractivity contribution in [1.82, 2.24) is 15.1 Å². The monoisotopic (exact) mass is 414 g/mol. The van der Waals surface area contributed by atoms with E-state index >= 15 is 0 Å². The number of amides is 2. The average molecular weight is 415 g/mol. The van der Waals surface area contributed by atoms with E-state index < -0.39 is 5.60 Å². The molecule has 8 nitrogen and oxygen atoms in total. The number of nitrogens with one attached hydrogen (secondary N) is 2. The second-order valence-electron chi connectivity index (χ2n) is 8.67. The molecule has 1 aromatic carbocycles. The van der Waals surface area contributed by atoms with Crippen LogP contribution in [0.1, 0.15) is 48.7 Å². The number of hydrogen-bond acceptors (Lipinski definition) is 5. The van der Waals surface area contributed by atoms with Gasteiger partial charge in [-0.2, -0.15) is 5.10 Å². The molecule has 162 valence electrons. The van der Waals surface area contributed by atoms with Gasteiger partial charge in [-0.15, -0.1) is 0 Å². The third kappa shape index (κ3) is 4.93. The van der Waals surface area contributed by atoms with Crippen molar-refractivity contribution >= 4 is 17.8 Å². The van der Waals surface area contributed by atoms with Gasteiger partial charge in [0.15, 0.2) is 12.4 Å². The molecule has 0 atom stereocenters. The molecule has 30 heavy (non-hydrogen) atoms. The van der Waals surface area contributed by atoms with E-state index in [1.54, 1.807) is 4.90 Å². The Labute approximate surface area is 176 Å². The first kappa shape index (κ1) is 21.7. The molecule has 8 heteroatoms. The lowest BCUT2D eigenvalue weighted by Gasteiger charge is -2.30. The number of carbonyl (C=O) groups is 2. The van der Waals surface area contributed by atoms with Gasteiger partial charge in [0.1, 0.15) is 11.4 Å². The van der Waals surface area contributed by atoms with Gasteiger partial charge in [0, 0.05) is 24.2 Å². The Balaban J connectivity index is 1.64. The maximum atomic E-state index is 12.5. The number of ether oxygens (including phenoxy) is 2. The van der Waals surface area contributed by atoms with Gasteiger partial charge < -0.3 is 19.7 Å². The number of carbonyl (C=O) groups excluding carboxylic acids is 2. The zero-order valence-electron chi connectivity index (χ0n) is 18.5. The largest absolute Gasteiger partial charge is 0.483 e. The third-order valence-corrected chi connectivity index (χ3v) is 5.06. The Morgan fingerprint density at radius 1 is 1.20 bits per heavy atom. The summed E-state index contributed by atoms with van der Waals surface area (Å²) in [6.07, 6.45) is 0.246. The summed E-state index contributed by atoms with van der Waals surface area (Å²) in [6, 6.07) is 4.01. The molecule has 0 radical (unpaired) electrons. The first-order chi connectivity index (χ1) is 14.0. The van der Waals surface area contributed by atoms with E-state index in [9.17, 15) is 9.59 Å². The van der Waals surface area contributed by atoms with Crippen LogP contribution in [0.15, 0.2) is 12.1 Å². The topological polar surface area (TPSA) is 96.5 Å². The predicted octanol–water partition coefficient (Wildman–Crippen LogP) is 3.65. The number of aromatic amines is 1. The molecule has 1 aliphatic rings. The molecule has 0 saturated carbocycles. The van der Waals surface area contributed by atoms with Crippen LogP contribution in [0, 0.1) is 20.8 Å².